The van der Waals surface area contributed by atoms with Gasteiger partial charge in [0, 0.05) is 7.11 Å². The molecule has 0 aromatic carbocycles. The molecule has 29 heavy (non-hydrogen) atoms. The molecule has 0 radical (unpaired) electrons. The second-order valence-electron chi connectivity index (χ2n) is 6.06. The van der Waals surface area contributed by atoms with Gasteiger partial charge in [-0.25, -0.2) is 0 Å². The minimum Gasteiger partial charge on any atom is -0.353 e. The van der Waals surface area contributed by atoms with E-state index >= 15 is 0 Å². The van der Waals surface area contributed by atoms with Crippen molar-refractivity contribution in [3.63, 3.8) is 0 Å². The van der Waals surface area contributed by atoms with Gasteiger partial charge in [0.25, 0.3) is 40.5 Å². The fourth-order valence-electron chi connectivity index (χ4n) is 2.33. The van der Waals surface area contributed by atoms with Gasteiger partial charge < -0.3 is 9.47 Å². The Hall–Kier alpha value is -0.440. The van der Waals surface area contributed by atoms with Crippen LogP contribution in [0.5, 0.6) is 0 Å². The smallest absolute Gasteiger partial charge is 0.264 e. The Balaban J connectivity index is 3.49. The Labute approximate surface area is 169 Å². The average Bonchev–Trinajstić information content (AvgIpc) is 2.44. The van der Waals surface area contributed by atoms with Gasteiger partial charge in [0.1, 0.15) is 18.3 Å². The van der Waals surface area contributed by atoms with Crippen molar-refractivity contribution in [1.29, 1.82) is 0 Å². The minimum atomic E-state index is -4.32. The molecule has 0 amide bonds. The van der Waals surface area contributed by atoms with E-state index in [4.69, 9.17) is 22.0 Å². The standard InChI is InChI=1S/C11H22O14S4/c1-20-11-10(25-29(5,18)19)9(24-28(4,16)17)8(23-27(3,14)15)7(22-11)6-21-26(2,12)13/h7-11H,6H2,1-5H3/t7-,8+,9+,10+,11+/m0/s1. The normalized spacial score (nSPS) is 29.6. The fourth-order valence-corrected chi connectivity index (χ4v) is 4.57. The molecular formula is C11H22O14S4. The summed E-state index contributed by atoms with van der Waals surface area (Å²) in [5.41, 5.74) is 0. The summed E-state index contributed by atoms with van der Waals surface area (Å²) >= 11 is 0. The lowest BCUT2D eigenvalue weighted by molar-refractivity contribution is -0.276. The van der Waals surface area contributed by atoms with Crippen molar-refractivity contribution >= 4 is 40.5 Å². The molecule has 1 aliphatic heterocycles. The maximum atomic E-state index is 11.7. The van der Waals surface area contributed by atoms with Crippen molar-refractivity contribution in [2.75, 3.05) is 38.7 Å². The van der Waals surface area contributed by atoms with Gasteiger partial charge in [-0.15, -0.1) is 0 Å². The number of hydrogen-bond acceptors (Lipinski definition) is 14. The van der Waals surface area contributed by atoms with Crippen molar-refractivity contribution < 1.29 is 59.9 Å². The summed E-state index contributed by atoms with van der Waals surface area (Å²) in [6, 6.07) is 0. The third-order valence-electron chi connectivity index (χ3n) is 3.13. The van der Waals surface area contributed by atoms with Gasteiger partial charge in [-0.2, -0.15) is 33.7 Å². The van der Waals surface area contributed by atoms with Gasteiger partial charge >= 0.3 is 0 Å². The Morgan fingerprint density at radius 3 is 1.45 bits per heavy atom. The van der Waals surface area contributed by atoms with Gasteiger partial charge in [0.05, 0.1) is 31.6 Å². The summed E-state index contributed by atoms with van der Waals surface area (Å²) in [5.74, 6) is 0. The largest absolute Gasteiger partial charge is 0.353 e. The lowest BCUT2D eigenvalue weighted by Crippen LogP contribution is -2.62. The van der Waals surface area contributed by atoms with Gasteiger partial charge in [0.2, 0.25) is 0 Å². The topological polar surface area (TPSA) is 192 Å². The number of methoxy groups -OCH3 is 1. The highest BCUT2D eigenvalue weighted by Crippen LogP contribution is 2.31. The van der Waals surface area contributed by atoms with Crippen LogP contribution in [0, 0.1) is 0 Å². The molecular weight excluding hydrogens is 484 g/mol. The molecule has 14 nitrogen and oxygen atoms in total. The molecule has 1 heterocycles. The van der Waals surface area contributed by atoms with Crippen LogP contribution >= 0.6 is 0 Å². The van der Waals surface area contributed by atoms with E-state index in [1.54, 1.807) is 0 Å². The summed E-state index contributed by atoms with van der Waals surface area (Å²) in [5, 5.41) is 0. The third kappa shape index (κ3) is 9.94. The molecule has 174 valence electrons. The molecule has 0 N–H and O–H groups in total. The highest BCUT2D eigenvalue weighted by Gasteiger charge is 2.53. The van der Waals surface area contributed by atoms with Crippen LogP contribution in [0.4, 0.5) is 0 Å². The fraction of sp³-hybridized carbons (Fsp3) is 1.00. The van der Waals surface area contributed by atoms with Crippen molar-refractivity contribution in [2.24, 2.45) is 0 Å². The molecule has 0 aromatic rings. The average molecular weight is 507 g/mol. The molecule has 0 spiro atoms. The van der Waals surface area contributed by atoms with Gasteiger partial charge in [-0.1, -0.05) is 0 Å². The summed E-state index contributed by atoms with van der Waals surface area (Å²) in [6.07, 6.45) is -6.25. The SMILES string of the molecule is CO[C@@H]1O[C@@H](COS(C)(=O)=O)[C@@H](OS(C)(=O)=O)[C@@H](OS(C)(=O)=O)[C@H]1OS(C)(=O)=O. The molecule has 5 atom stereocenters. The zero-order valence-electron chi connectivity index (χ0n) is 15.9. The van der Waals surface area contributed by atoms with Crippen LogP contribution in [-0.4, -0.2) is 103 Å². The molecule has 1 saturated heterocycles. The first-order valence-corrected chi connectivity index (χ1v) is 14.8. The lowest BCUT2D eigenvalue weighted by Gasteiger charge is -2.43. The number of hydrogen-bond donors (Lipinski definition) is 0. The predicted octanol–water partition coefficient (Wildman–Crippen LogP) is -2.63. The van der Waals surface area contributed by atoms with E-state index in [1.807, 2.05) is 0 Å². The van der Waals surface area contributed by atoms with Crippen LogP contribution in [0.1, 0.15) is 0 Å². The molecule has 0 aromatic heterocycles. The third-order valence-corrected chi connectivity index (χ3v) is 5.41. The van der Waals surface area contributed by atoms with Crippen molar-refractivity contribution in [1.82, 2.24) is 0 Å². The number of ether oxygens (including phenoxy) is 2. The number of rotatable bonds is 10. The van der Waals surface area contributed by atoms with Crippen LogP contribution in [-0.2, 0) is 66.7 Å². The quantitative estimate of drug-likeness (QED) is 0.279. The van der Waals surface area contributed by atoms with E-state index in [0.29, 0.717) is 25.0 Å². The van der Waals surface area contributed by atoms with Crippen molar-refractivity contribution in [3.05, 3.63) is 0 Å². The highest BCUT2D eigenvalue weighted by atomic mass is 32.2. The van der Waals surface area contributed by atoms with E-state index < -0.39 is 77.8 Å². The molecule has 1 fully saturated rings. The van der Waals surface area contributed by atoms with Crippen LogP contribution in [0.15, 0.2) is 0 Å². The van der Waals surface area contributed by atoms with Crippen LogP contribution < -0.4 is 0 Å². The van der Waals surface area contributed by atoms with E-state index in [2.05, 4.69) is 4.18 Å². The first-order chi connectivity index (χ1) is 12.8. The molecule has 18 heteroatoms. The monoisotopic (exact) mass is 506 g/mol. The maximum absolute atomic E-state index is 11.7. The first kappa shape index (κ1) is 26.6. The molecule has 0 bridgehead atoms. The molecule has 1 aliphatic rings. The molecule has 0 saturated carbocycles. The second-order valence-corrected chi connectivity index (χ2v) is 12.5. The van der Waals surface area contributed by atoms with E-state index in [-0.39, 0.29) is 0 Å². The zero-order chi connectivity index (χ0) is 22.8. The first-order valence-electron chi connectivity index (χ1n) is 7.49. The van der Waals surface area contributed by atoms with E-state index in [9.17, 15) is 33.7 Å². The molecule has 0 unspecified atom stereocenters. The van der Waals surface area contributed by atoms with Gasteiger partial charge in [-0.3, -0.25) is 16.7 Å². The van der Waals surface area contributed by atoms with Crippen LogP contribution in [0.3, 0.4) is 0 Å². The maximum Gasteiger partial charge on any atom is 0.264 e. The summed E-state index contributed by atoms with van der Waals surface area (Å²) in [6.45, 7) is -0.825. The summed E-state index contributed by atoms with van der Waals surface area (Å²) < 4.78 is 122. The summed E-state index contributed by atoms with van der Waals surface area (Å²) in [7, 11) is -15.8. The Morgan fingerprint density at radius 2 is 1.07 bits per heavy atom. The Morgan fingerprint density at radius 1 is 0.655 bits per heavy atom. The van der Waals surface area contributed by atoms with Gasteiger partial charge in [-0.05, 0) is 0 Å². The molecule has 0 aliphatic carbocycles. The second kappa shape index (κ2) is 9.37. The Bertz CT molecular complexity index is 980. The lowest BCUT2D eigenvalue weighted by atomic mass is 9.99. The van der Waals surface area contributed by atoms with Crippen molar-refractivity contribution in [2.45, 2.75) is 30.7 Å². The van der Waals surface area contributed by atoms with E-state index in [1.165, 1.54) is 0 Å². The molecule has 1 rings (SSSR count). The minimum absolute atomic E-state index is 0.612. The van der Waals surface area contributed by atoms with Crippen LogP contribution in [0.25, 0.3) is 0 Å². The van der Waals surface area contributed by atoms with Crippen LogP contribution in [0.2, 0.25) is 0 Å². The van der Waals surface area contributed by atoms with E-state index in [0.717, 1.165) is 7.11 Å². The summed E-state index contributed by atoms with van der Waals surface area (Å²) in [4.78, 5) is 0. The predicted molar refractivity (Wildman–Crippen MR) is 95.6 cm³/mol. The zero-order valence-corrected chi connectivity index (χ0v) is 19.2. The van der Waals surface area contributed by atoms with Crippen molar-refractivity contribution in [3.8, 4) is 0 Å². The highest BCUT2D eigenvalue weighted by molar-refractivity contribution is 7.86. The van der Waals surface area contributed by atoms with Gasteiger partial charge in [0.15, 0.2) is 12.4 Å². The Kier molecular flexibility index (Phi) is 8.59.